The molecule has 0 bridgehead atoms. The maximum atomic E-state index is 8.88. The van der Waals surface area contributed by atoms with Crippen molar-refractivity contribution >= 4 is 15.9 Å². The van der Waals surface area contributed by atoms with E-state index in [-0.39, 0.29) is 5.92 Å². The number of ether oxygens (including phenoxy) is 1. The first kappa shape index (κ1) is 15.3. The van der Waals surface area contributed by atoms with Crippen LogP contribution < -0.4 is 4.74 Å². The van der Waals surface area contributed by atoms with E-state index in [9.17, 15) is 0 Å². The summed E-state index contributed by atoms with van der Waals surface area (Å²) in [6.07, 6.45) is 1.99. The number of rotatable bonds is 4. The minimum atomic E-state index is 0.254. The number of hydrogen-bond donors (Lipinski definition) is 0. The molecule has 4 heteroatoms. The summed E-state index contributed by atoms with van der Waals surface area (Å²) in [4.78, 5) is 2.38. The molecule has 3 nitrogen and oxygen atoms in total. The average Bonchev–Trinajstić information content (AvgIpc) is 2.45. The molecule has 0 N–H and O–H groups in total. The van der Waals surface area contributed by atoms with E-state index in [0.29, 0.717) is 6.61 Å². The number of piperidine rings is 1. The Balaban J connectivity index is 1.78. The summed E-state index contributed by atoms with van der Waals surface area (Å²) in [5.74, 6) is 1.19. The second-order valence-electron chi connectivity index (χ2n) is 5.46. The summed E-state index contributed by atoms with van der Waals surface area (Å²) in [6.45, 7) is 7.83. The van der Waals surface area contributed by atoms with Crippen LogP contribution in [0.4, 0.5) is 0 Å². The Morgan fingerprint density at radius 1 is 1.30 bits per heavy atom. The van der Waals surface area contributed by atoms with Gasteiger partial charge in [-0.25, -0.2) is 0 Å². The minimum Gasteiger partial charge on any atom is -0.492 e. The molecule has 20 heavy (non-hydrogen) atoms. The van der Waals surface area contributed by atoms with Crippen LogP contribution in [-0.2, 0) is 0 Å². The first-order chi connectivity index (χ1) is 9.60. The second-order valence-corrected chi connectivity index (χ2v) is 6.26. The lowest BCUT2D eigenvalue weighted by Crippen LogP contribution is -2.36. The smallest absolute Gasteiger partial charge is 0.119 e. The van der Waals surface area contributed by atoms with E-state index in [2.05, 4.69) is 52.9 Å². The second kappa shape index (κ2) is 7.10. The number of hydrogen-bond acceptors (Lipinski definition) is 3. The van der Waals surface area contributed by atoms with Gasteiger partial charge < -0.3 is 4.74 Å². The molecule has 108 valence electrons. The van der Waals surface area contributed by atoms with Crippen molar-refractivity contribution in [3.8, 4) is 11.8 Å². The fourth-order valence-electron chi connectivity index (χ4n) is 2.57. The molecule has 1 aromatic carbocycles. The normalized spacial score (nSPS) is 16.9. The number of benzene rings is 1. The van der Waals surface area contributed by atoms with Gasteiger partial charge in [0.25, 0.3) is 0 Å². The van der Waals surface area contributed by atoms with E-state index in [0.717, 1.165) is 42.7 Å². The van der Waals surface area contributed by atoms with Gasteiger partial charge >= 0.3 is 0 Å². The fourth-order valence-corrected chi connectivity index (χ4v) is 2.80. The van der Waals surface area contributed by atoms with Crippen LogP contribution in [-0.4, -0.2) is 31.1 Å². The number of nitriles is 1. The van der Waals surface area contributed by atoms with Gasteiger partial charge in [-0.15, -0.1) is 0 Å². The van der Waals surface area contributed by atoms with Gasteiger partial charge in [0, 0.05) is 16.9 Å². The van der Waals surface area contributed by atoms with Crippen molar-refractivity contribution in [1.29, 1.82) is 5.26 Å². The Morgan fingerprint density at radius 2 is 1.90 bits per heavy atom. The van der Waals surface area contributed by atoms with Gasteiger partial charge in [-0.1, -0.05) is 15.9 Å². The molecule has 0 unspecified atom stereocenters. The summed E-state index contributed by atoms with van der Waals surface area (Å²) < 4.78 is 7.01. The summed E-state index contributed by atoms with van der Waals surface area (Å²) in [6, 6.07) is 6.50. The highest BCUT2D eigenvalue weighted by atomic mass is 79.9. The lowest BCUT2D eigenvalue weighted by Gasteiger charge is -2.28. The summed E-state index contributed by atoms with van der Waals surface area (Å²) in [5, 5.41) is 8.88. The average molecular weight is 337 g/mol. The van der Waals surface area contributed by atoms with Crippen LogP contribution in [0.5, 0.6) is 5.75 Å². The highest BCUT2D eigenvalue weighted by molar-refractivity contribution is 9.10. The van der Waals surface area contributed by atoms with Gasteiger partial charge in [0.15, 0.2) is 0 Å². The fraction of sp³-hybridized carbons (Fsp3) is 0.562. The molecule has 0 spiro atoms. The number of nitrogens with zero attached hydrogens (tertiary/aromatic N) is 2. The molecule has 0 radical (unpaired) electrons. The molecule has 0 aromatic heterocycles. The van der Waals surface area contributed by atoms with E-state index >= 15 is 0 Å². The Morgan fingerprint density at radius 3 is 2.45 bits per heavy atom. The van der Waals surface area contributed by atoms with E-state index in [1.807, 2.05) is 0 Å². The van der Waals surface area contributed by atoms with Gasteiger partial charge in [-0.3, -0.25) is 4.90 Å². The molecule has 0 amide bonds. The molecule has 0 aliphatic carbocycles. The van der Waals surface area contributed by atoms with E-state index in [4.69, 9.17) is 10.00 Å². The Bertz CT molecular complexity index is 479. The molecular weight excluding hydrogens is 316 g/mol. The van der Waals surface area contributed by atoms with Gasteiger partial charge in [-0.2, -0.15) is 5.26 Å². The Labute approximate surface area is 129 Å². The highest BCUT2D eigenvalue weighted by Crippen LogP contribution is 2.26. The largest absolute Gasteiger partial charge is 0.492 e. The van der Waals surface area contributed by atoms with Crippen LogP contribution in [0.15, 0.2) is 16.6 Å². The van der Waals surface area contributed by atoms with Crippen LogP contribution >= 0.6 is 15.9 Å². The maximum Gasteiger partial charge on any atom is 0.119 e. The standard InChI is InChI=1S/C16H21BrN2O/c1-12-9-15(10-13(2)16(12)17)20-8-7-19-5-3-14(11-18)4-6-19/h9-10,14H,3-8H2,1-2H3. The van der Waals surface area contributed by atoms with Gasteiger partial charge in [0.05, 0.1) is 6.07 Å². The lowest BCUT2D eigenvalue weighted by molar-refractivity contribution is 0.169. The third kappa shape index (κ3) is 3.97. The van der Waals surface area contributed by atoms with Gasteiger partial charge in [0.1, 0.15) is 12.4 Å². The molecular formula is C16H21BrN2O. The van der Waals surface area contributed by atoms with E-state index < -0.39 is 0 Å². The third-order valence-corrected chi connectivity index (χ3v) is 5.11. The highest BCUT2D eigenvalue weighted by Gasteiger charge is 2.18. The third-order valence-electron chi connectivity index (χ3n) is 3.86. The zero-order valence-corrected chi connectivity index (χ0v) is 13.7. The van der Waals surface area contributed by atoms with Crippen molar-refractivity contribution in [3.05, 3.63) is 27.7 Å². The van der Waals surface area contributed by atoms with Crippen molar-refractivity contribution in [3.63, 3.8) is 0 Å². The molecule has 0 atom stereocenters. The predicted octanol–water partition coefficient (Wildman–Crippen LogP) is 3.68. The van der Waals surface area contributed by atoms with Crippen LogP contribution in [0.3, 0.4) is 0 Å². The molecule has 1 fully saturated rings. The lowest BCUT2D eigenvalue weighted by atomic mass is 9.99. The van der Waals surface area contributed by atoms with Crippen LogP contribution in [0.25, 0.3) is 0 Å². The zero-order chi connectivity index (χ0) is 14.5. The molecule has 1 aromatic rings. The zero-order valence-electron chi connectivity index (χ0n) is 12.2. The molecule has 2 rings (SSSR count). The first-order valence-electron chi connectivity index (χ1n) is 7.11. The number of aryl methyl sites for hydroxylation is 2. The van der Waals surface area contributed by atoms with Crippen molar-refractivity contribution in [2.45, 2.75) is 26.7 Å². The SMILES string of the molecule is Cc1cc(OCCN2CCC(C#N)CC2)cc(C)c1Br. The summed E-state index contributed by atoms with van der Waals surface area (Å²) in [5.41, 5.74) is 2.41. The molecule has 1 saturated heterocycles. The van der Waals surface area contributed by atoms with Crippen molar-refractivity contribution in [2.75, 3.05) is 26.2 Å². The predicted molar refractivity (Wildman–Crippen MR) is 83.9 cm³/mol. The van der Waals surface area contributed by atoms with Gasteiger partial charge in [0.2, 0.25) is 0 Å². The van der Waals surface area contributed by atoms with Crippen molar-refractivity contribution in [1.82, 2.24) is 4.90 Å². The summed E-state index contributed by atoms with van der Waals surface area (Å²) >= 11 is 3.57. The number of halogens is 1. The minimum absolute atomic E-state index is 0.254. The van der Waals surface area contributed by atoms with Gasteiger partial charge in [-0.05, 0) is 63.0 Å². The molecule has 1 aliphatic rings. The van der Waals surface area contributed by atoms with E-state index in [1.54, 1.807) is 0 Å². The number of likely N-dealkylation sites (tertiary alicyclic amines) is 1. The monoisotopic (exact) mass is 336 g/mol. The molecule has 1 heterocycles. The first-order valence-corrected chi connectivity index (χ1v) is 7.91. The molecule has 1 aliphatic heterocycles. The van der Waals surface area contributed by atoms with Crippen molar-refractivity contribution < 1.29 is 4.74 Å². The van der Waals surface area contributed by atoms with Crippen LogP contribution in [0, 0.1) is 31.1 Å². The quantitative estimate of drug-likeness (QED) is 0.841. The summed E-state index contributed by atoms with van der Waals surface area (Å²) in [7, 11) is 0. The Kier molecular flexibility index (Phi) is 5.45. The topological polar surface area (TPSA) is 36.3 Å². The molecule has 0 saturated carbocycles. The van der Waals surface area contributed by atoms with Crippen LogP contribution in [0.2, 0.25) is 0 Å². The maximum absolute atomic E-state index is 8.88. The Hall–Kier alpha value is -1.05. The van der Waals surface area contributed by atoms with Crippen molar-refractivity contribution in [2.24, 2.45) is 5.92 Å². The van der Waals surface area contributed by atoms with E-state index in [1.165, 1.54) is 11.1 Å². The van der Waals surface area contributed by atoms with Crippen LogP contribution in [0.1, 0.15) is 24.0 Å².